The molecule has 0 saturated heterocycles. The molecular formula is C16H24BrNO. The zero-order valence-corrected chi connectivity index (χ0v) is 13.3. The maximum absolute atomic E-state index is 6.17. The first-order chi connectivity index (χ1) is 9.24. The predicted molar refractivity (Wildman–Crippen MR) is 82.9 cm³/mol. The SMILES string of the molecule is CCC1CCCCC1OCc1ccc(CN)cc1Br. The Morgan fingerprint density at radius 3 is 2.79 bits per heavy atom. The molecule has 1 saturated carbocycles. The minimum absolute atomic E-state index is 0.444. The van der Waals surface area contributed by atoms with Crippen molar-refractivity contribution in [2.45, 2.75) is 58.3 Å². The molecule has 2 rings (SSSR count). The smallest absolute Gasteiger partial charge is 0.0731 e. The van der Waals surface area contributed by atoms with E-state index in [9.17, 15) is 0 Å². The molecule has 2 nitrogen and oxygen atoms in total. The van der Waals surface area contributed by atoms with Crippen molar-refractivity contribution in [1.82, 2.24) is 0 Å². The fraction of sp³-hybridized carbons (Fsp3) is 0.625. The average molecular weight is 326 g/mol. The van der Waals surface area contributed by atoms with Crippen LogP contribution in [-0.2, 0) is 17.9 Å². The molecule has 0 aliphatic heterocycles. The lowest BCUT2D eigenvalue weighted by Gasteiger charge is -2.31. The van der Waals surface area contributed by atoms with Gasteiger partial charge in [-0.15, -0.1) is 0 Å². The molecule has 1 aromatic rings. The third-order valence-corrected chi connectivity index (χ3v) is 4.91. The third kappa shape index (κ3) is 4.04. The van der Waals surface area contributed by atoms with Crippen molar-refractivity contribution in [2.24, 2.45) is 11.7 Å². The Kier molecular flexibility index (Phi) is 5.86. The number of benzene rings is 1. The van der Waals surface area contributed by atoms with Gasteiger partial charge in [-0.2, -0.15) is 0 Å². The van der Waals surface area contributed by atoms with Crippen molar-refractivity contribution in [3.8, 4) is 0 Å². The molecule has 1 aromatic carbocycles. The van der Waals surface area contributed by atoms with Gasteiger partial charge in [0, 0.05) is 11.0 Å². The van der Waals surface area contributed by atoms with Gasteiger partial charge in [0.2, 0.25) is 0 Å². The summed E-state index contributed by atoms with van der Waals surface area (Å²) >= 11 is 3.61. The number of hydrogen-bond acceptors (Lipinski definition) is 2. The van der Waals surface area contributed by atoms with E-state index in [1.165, 1.54) is 37.7 Å². The van der Waals surface area contributed by atoms with Crippen LogP contribution >= 0.6 is 15.9 Å². The molecular weight excluding hydrogens is 302 g/mol. The maximum Gasteiger partial charge on any atom is 0.0731 e. The number of nitrogens with two attached hydrogens (primary N) is 1. The van der Waals surface area contributed by atoms with Crippen LogP contribution < -0.4 is 5.73 Å². The Labute approximate surface area is 124 Å². The van der Waals surface area contributed by atoms with Gasteiger partial charge in [0.25, 0.3) is 0 Å². The molecule has 0 bridgehead atoms. The van der Waals surface area contributed by atoms with E-state index in [1.807, 2.05) is 0 Å². The van der Waals surface area contributed by atoms with Crippen LogP contribution in [0.2, 0.25) is 0 Å². The fourth-order valence-corrected chi connectivity index (χ4v) is 3.43. The summed E-state index contributed by atoms with van der Waals surface area (Å²) in [5.74, 6) is 0.746. The van der Waals surface area contributed by atoms with Crippen LogP contribution in [0, 0.1) is 5.92 Å². The first-order valence-electron chi connectivity index (χ1n) is 7.33. The molecule has 0 amide bonds. The fourth-order valence-electron chi connectivity index (χ4n) is 2.89. The normalized spacial score (nSPS) is 23.5. The summed E-state index contributed by atoms with van der Waals surface area (Å²) in [5, 5.41) is 0. The number of halogens is 1. The van der Waals surface area contributed by atoms with Crippen molar-refractivity contribution in [2.75, 3.05) is 0 Å². The predicted octanol–water partition coefficient (Wildman–Crippen LogP) is 4.39. The topological polar surface area (TPSA) is 35.2 Å². The van der Waals surface area contributed by atoms with Gasteiger partial charge in [0.1, 0.15) is 0 Å². The monoisotopic (exact) mass is 325 g/mol. The number of ether oxygens (including phenoxy) is 1. The average Bonchev–Trinajstić information content (AvgIpc) is 2.46. The summed E-state index contributed by atoms with van der Waals surface area (Å²) in [6.45, 7) is 3.56. The van der Waals surface area contributed by atoms with Crippen LogP contribution in [0.25, 0.3) is 0 Å². The lowest BCUT2D eigenvalue weighted by molar-refractivity contribution is -0.0224. The molecule has 2 unspecified atom stereocenters. The van der Waals surface area contributed by atoms with E-state index < -0.39 is 0 Å². The van der Waals surface area contributed by atoms with Crippen molar-refractivity contribution in [3.63, 3.8) is 0 Å². The molecule has 1 aliphatic rings. The molecule has 2 atom stereocenters. The van der Waals surface area contributed by atoms with Gasteiger partial charge in [-0.05, 0) is 36.0 Å². The van der Waals surface area contributed by atoms with Crippen molar-refractivity contribution in [1.29, 1.82) is 0 Å². The highest BCUT2D eigenvalue weighted by atomic mass is 79.9. The zero-order valence-electron chi connectivity index (χ0n) is 11.7. The van der Waals surface area contributed by atoms with Crippen LogP contribution in [0.15, 0.2) is 22.7 Å². The van der Waals surface area contributed by atoms with Crippen LogP contribution in [0.1, 0.15) is 50.2 Å². The van der Waals surface area contributed by atoms with Gasteiger partial charge in [0.05, 0.1) is 12.7 Å². The molecule has 1 fully saturated rings. The van der Waals surface area contributed by atoms with E-state index in [-0.39, 0.29) is 0 Å². The highest BCUT2D eigenvalue weighted by Gasteiger charge is 2.24. The Morgan fingerprint density at radius 2 is 2.11 bits per heavy atom. The molecule has 2 N–H and O–H groups in total. The third-order valence-electron chi connectivity index (χ3n) is 4.17. The zero-order chi connectivity index (χ0) is 13.7. The van der Waals surface area contributed by atoms with Gasteiger partial charge in [-0.25, -0.2) is 0 Å². The molecule has 19 heavy (non-hydrogen) atoms. The minimum Gasteiger partial charge on any atom is -0.373 e. The molecule has 0 aromatic heterocycles. The Balaban J connectivity index is 1.94. The van der Waals surface area contributed by atoms with Crippen molar-refractivity contribution >= 4 is 15.9 Å². The van der Waals surface area contributed by atoms with Crippen molar-refractivity contribution in [3.05, 3.63) is 33.8 Å². The lowest BCUT2D eigenvalue weighted by Crippen LogP contribution is -2.27. The standard InChI is InChI=1S/C16H24BrNO/c1-2-13-5-3-4-6-16(13)19-11-14-8-7-12(10-18)9-15(14)17/h7-9,13,16H,2-6,10-11,18H2,1H3. The summed E-state index contributed by atoms with van der Waals surface area (Å²) in [6.07, 6.45) is 6.91. The molecule has 0 spiro atoms. The summed E-state index contributed by atoms with van der Waals surface area (Å²) in [6, 6.07) is 6.30. The molecule has 0 radical (unpaired) electrons. The van der Waals surface area contributed by atoms with E-state index in [0.717, 1.165) is 16.0 Å². The van der Waals surface area contributed by atoms with Crippen molar-refractivity contribution < 1.29 is 4.74 Å². The second-order valence-corrected chi connectivity index (χ2v) is 6.29. The Morgan fingerprint density at radius 1 is 1.32 bits per heavy atom. The summed E-state index contributed by atoms with van der Waals surface area (Å²) < 4.78 is 7.28. The molecule has 106 valence electrons. The quantitative estimate of drug-likeness (QED) is 0.871. The lowest BCUT2D eigenvalue weighted by atomic mass is 9.85. The Bertz CT molecular complexity index is 408. The summed E-state index contributed by atoms with van der Waals surface area (Å²) in [5.41, 5.74) is 8.02. The minimum atomic E-state index is 0.444. The second kappa shape index (κ2) is 7.41. The molecule has 1 aliphatic carbocycles. The van der Waals surface area contributed by atoms with Crippen LogP contribution in [0.3, 0.4) is 0 Å². The highest BCUT2D eigenvalue weighted by molar-refractivity contribution is 9.10. The first-order valence-corrected chi connectivity index (χ1v) is 8.12. The second-order valence-electron chi connectivity index (χ2n) is 5.43. The van der Waals surface area contributed by atoms with E-state index in [4.69, 9.17) is 10.5 Å². The largest absolute Gasteiger partial charge is 0.373 e. The van der Waals surface area contributed by atoms with Gasteiger partial charge in [-0.3, -0.25) is 0 Å². The number of rotatable bonds is 5. The number of hydrogen-bond donors (Lipinski definition) is 1. The van der Waals surface area contributed by atoms with E-state index in [1.54, 1.807) is 0 Å². The van der Waals surface area contributed by atoms with Crippen LogP contribution in [0.5, 0.6) is 0 Å². The van der Waals surface area contributed by atoms with Gasteiger partial charge >= 0.3 is 0 Å². The first kappa shape index (κ1) is 15.0. The van der Waals surface area contributed by atoms with E-state index in [0.29, 0.717) is 19.3 Å². The summed E-state index contributed by atoms with van der Waals surface area (Å²) in [7, 11) is 0. The maximum atomic E-state index is 6.17. The summed E-state index contributed by atoms with van der Waals surface area (Å²) in [4.78, 5) is 0. The van der Waals surface area contributed by atoms with Crippen LogP contribution in [-0.4, -0.2) is 6.10 Å². The molecule has 3 heteroatoms. The van der Waals surface area contributed by atoms with E-state index in [2.05, 4.69) is 41.1 Å². The van der Waals surface area contributed by atoms with E-state index >= 15 is 0 Å². The van der Waals surface area contributed by atoms with Gasteiger partial charge < -0.3 is 10.5 Å². The highest BCUT2D eigenvalue weighted by Crippen LogP contribution is 2.30. The molecule has 0 heterocycles. The van der Waals surface area contributed by atoms with Gasteiger partial charge in [-0.1, -0.05) is 54.2 Å². The Hall–Kier alpha value is -0.380. The van der Waals surface area contributed by atoms with Crippen LogP contribution in [0.4, 0.5) is 0 Å². The van der Waals surface area contributed by atoms with Gasteiger partial charge in [0.15, 0.2) is 0 Å².